The Balaban J connectivity index is 2.48. The van der Waals surface area contributed by atoms with Gasteiger partial charge in [-0.15, -0.1) is 0 Å². The fraction of sp³-hybridized carbons (Fsp3) is 0.222. The molecule has 0 spiro atoms. The SMILES string of the molecule is CC(C)(C)/C(=C\c1ccccc1)c1ccccc1. The summed E-state index contributed by atoms with van der Waals surface area (Å²) >= 11 is 0. The molecule has 0 aromatic heterocycles. The van der Waals surface area contributed by atoms with Crippen LogP contribution in [-0.2, 0) is 0 Å². The number of allylic oxidation sites excluding steroid dienone is 1. The van der Waals surface area contributed by atoms with E-state index in [2.05, 4.69) is 87.5 Å². The highest BCUT2D eigenvalue weighted by Gasteiger charge is 2.18. The average molecular weight is 236 g/mol. The summed E-state index contributed by atoms with van der Waals surface area (Å²) in [4.78, 5) is 0. The number of hydrogen-bond donors (Lipinski definition) is 0. The molecule has 0 saturated carbocycles. The molecule has 0 bridgehead atoms. The van der Waals surface area contributed by atoms with E-state index in [1.807, 2.05) is 0 Å². The monoisotopic (exact) mass is 236 g/mol. The van der Waals surface area contributed by atoms with Gasteiger partial charge in [-0.25, -0.2) is 0 Å². The Morgan fingerprint density at radius 3 is 1.78 bits per heavy atom. The van der Waals surface area contributed by atoms with Crippen LogP contribution >= 0.6 is 0 Å². The molecular weight excluding hydrogens is 216 g/mol. The van der Waals surface area contributed by atoms with Gasteiger partial charge in [-0.2, -0.15) is 0 Å². The van der Waals surface area contributed by atoms with Crippen molar-refractivity contribution in [1.29, 1.82) is 0 Å². The van der Waals surface area contributed by atoms with E-state index in [0.717, 1.165) is 0 Å². The minimum Gasteiger partial charge on any atom is -0.0622 e. The molecule has 0 fully saturated rings. The van der Waals surface area contributed by atoms with Gasteiger partial charge in [-0.1, -0.05) is 87.5 Å². The molecule has 0 heteroatoms. The van der Waals surface area contributed by atoms with Crippen LogP contribution in [0.4, 0.5) is 0 Å². The van der Waals surface area contributed by atoms with Crippen LogP contribution in [0.2, 0.25) is 0 Å². The Hall–Kier alpha value is -1.82. The molecule has 0 unspecified atom stereocenters. The molecule has 18 heavy (non-hydrogen) atoms. The number of hydrogen-bond acceptors (Lipinski definition) is 0. The van der Waals surface area contributed by atoms with Crippen LogP contribution in [-0.4, -0.2) is 0 Å². The summed E-state index contributed by atoms with van der Waals surface area (Å²) in [7, 11) is 0. The maximum absolute atomic E-state index is 2.29. The summed E-state index contributed by atoms with van der Waals surface area (Å²) in [6.07, 6.45) is 2.29. The van der Waals surface area contributed by atoms with E-state index in [4.69, 9.17) is 0 Å². The first kappa shape index (κ1) is 12.6. The molecule has 0 saturated heterocycles. The van der Waals surface area contributed by atoms with Gasteiger partial charge in [0.25, 0.3) is 0 Å². The zero-order valence-corrected chi connectivity index (χ0v) is 11.4. The average Bonchev–Trinajstić information content (AvgIpc) is 2.37. The lowest BCUT2D eigenvalue weighted by molar-refractivity contribution is 0.569. The first-order valence-electron chi connectivity index (χ1n) is 6.40. The highest BCUT2D eigenvalue weighted by atomic mass is 14.2. The standard InChI is InChI=1S/C18H20/c1-18(2,3)17(16-12-8-5-9-13-16)14-15-10-6-4-7-11-15/h4-14H,1-3H3/b17-14-. The Labute approximate surface area is 110 Å². The van der Waals surface area contributed by atoms with Gasteiger partial charge in [0.15, 0.2) is 0 Å². The summed E-state index contributed by atoms with van der Waals surface area (Å²) in [5.41, 5.74) is 4.06. The summed E-state index contributed by atoms with van der Waals surface area (Å²) in [5, 5.41) is 0. The lowest BCUT2D eigenvalue weighted by atomic mass is 9.81. The molecule has 0 amide bonds. The van der Waals surface area contributed by atoms with Crippen molar-refractivity contribution >= 4 is 11.6 Å². The number of rotatable bonds is 2. The van der Waals surface area contributed by atoms with Gasteiger partial charge in [-0.3, -0.25) is 0 Å². The molecule has 2 rings (SSSR count). The summed E-state index contributed by atoms with van der Waals surface area (Å²) < 4.78 is 0. The van der Waals surface area contributed by atoms with E-state index >= 15 is 0 Å². The molecule has 0 atom stereocenters. The Bertz CT molecular complexity index is 513. The van der Waals surface area contributed by atoms with Crippen LogP contribution in [0.25, 0.3) is 11.6 Å². The molecule has 0 aliphatic carbocycles. The van der Waals surface area contributed by atoms with E-state index in [0.29, 0.717) is 0 Å². The Morgan fingerprint density at radius 2 is 1.28 bits per heavy atom. The zero-order valence-electron chi connectivity index (χ0n) is 11.4. The van der Waals surface area contributed by atoms with Gasteiger partial charge in [0.2, 0.25) is 0 Å². The van der Waals surface area contributed by atoms with Crippen LogP contribution in [0.1, 0.15) is 31.9 Å². The van der Waals surface area contributed by atoms with Gasteiger partial charge in [0, 0.05) is 0 Å². The molecule has 0 heterocycles. The van der Waals surface area contributed by atoms with Crippen LogP contribution in [0.5, 0.6) is 0 Å². The van der Waals surface area contributed by atoms with E-state index in [-0.39, 0.29) is 5.41 Å². The van der Waals surface area contributed by atoms with Gasteiger partial charge in [0.1, 0.15) is 0 Å². The third-order valence-electron chi connectivity index (χ3n) is 3.00. The van der Waals surface area contributed by atoms with Gasteiger partial charge in [0.05, 0.1) is 0 Å². The first-order valence-corrected chi connectivity index (χ1v) is 6.40. The van der Waals surface area contributed by atoms with Crippen molar-refractivity contribution in [3.8, 4) is 0 Å². The normalized spacial score (nSPS) is 12.5. The van der Waals surface area contributed by atoms with Crippen LogP contribution in [0.15, 0.2) is 60.7 Å². The van der Waals surface area contributed by atoms with E-state index < -0.39 is 0 Å². The van der Waals surface area contributed by atoms with Gasteiger partial charge < -0.3 is 0 Å². The molecular formula is C18H20. The highest BCUT2D eigenvalue weighted by Crippen LogP contribution is 2.35. The van der Waals surface area contributed by atoms with Crippen molar-refractivity contribution in [2.24, 2.45) is 5.41 Å². The summed E-state index contributed by atoms with van der Waals surface area (Å²) in [6.45, 7) is 6.78. The van der Waals surface area contributed by atoms with Crippen LogP contribution in [0, 0.1) is 5.41 Å². The van der Waals surface area contributed by atoms with Crippen molar-refractivity contribution in [1.82, 2.24) is 0 Å². The maximum Gasteiger partial charge on any atom is -0.0126 e. The first-order chi connectivity index (χ1) is 8.57. The third kappa shape index (κ3) is 3.10. The molecule has 0 nitrogen and oxygen atoms in total. The molecule has 92 valence electrons. The second-order valence-electron chi connectivity index (χ2n) is 5.58. The van der Waals surface area contributed by atoms with Crippen molar-refractivity contribution in [2.45, 2.75) is 20.8 Å². The van der Waals surface area contributed by atoms with Crippen molar-refractivity contribution in [3.05, 3.63) is 71.8 Å². The van der Waals surface area contributed by atoms with Crippen LogP contribution in [0.3, 0.4) is 0 Å². The predicted octanol–water partition coefficient (Wildman–Crippen LogP) is 5.27. The molecule has 2 aromatic rings. The van der Waals surface area contributed by atoms with Crippen molar-refractivity contribution in [3.63, 3.8) is 0 Å². The second kappa shape index (κ2) is 5.22. The predicted molar refractivity (Wildman–Crippen MR) is 80.2 cm³/mol. The van der Waals surface area contributed by atoms with E-state index in [9.17, 15) is 0 Å². The second-order valence-corrected chi connectivity index (χ2v) is 5.58. The quantitative estimate of drug-likeness (QED) is 0.623. The molecule has 0 aliphatic heterocycles. The van der Waals surface area contributed by atoms with Gasteiger partial charge in [-0.05, 0) is 22.1 Å². The van der Waals surface area contributed by atoms with Crippen LogP contribution < -0.4 is 0 Å². The Morgan fingerprint density at radius 1 is 0.778 bits per heavy atom. The van der Waals surface area contributed by atoms with Crippen molar-refractivity contribution < 1.29 is 0 Å². The fourth-order valence-electron chi connectivity index (χ4n) is 2.07. The number of benzene rings is 2. The van der Waals surface area contributed by atoms with Crippen molar-refractivity contribution in [2.75, 3.05) is 0 Å². The van der Waals surface area contributed by atoms with Gasteiger partial charge >= 0.3 is 0 Å². The maximum atomic E-state index is 2.29. The van der Waals surface area contributed by atoms with E-state index in [1.165, 1.54) is 16.7 Å². The molecule has 2 aromatic carbocycles. The summed E-state index contributed by atoms with van der Waals surface area (Å²) in [6, 6.07) is 21.1. The largest absolute Gasteiger partial charge is 0.0622 e. The minimum atomic E-state index is 0.136. The topological polar surface area (TPSA) is 0 Å². The minimum absolute atomic E-state index is 0.136. The smallest absolute Gasteiger partial charge is 0.0126 e. The lowest BCUT2D eigenvalue weighted by Crippen LogP contribution is -2.08. The third-order valence-corrected chi connectivity index (χ3v) is 3.00. The fourth-order valence-corrected chi connectivity index (χ4v) is 2.07. The highest BCUT2D eigenvalue weighted by molar-refractivity contribution is 5.84. The summed E-state index contributed by atoms with van der Waals surface area (Å²) in [5.74, 6) is 0. The molecule has 0 radical (unpaired) electrons. The molecule has 0 N–H and O–H groups in total. The zero-order chi connectivity index (χ0) is 13.0. The lowest BCUT2D eigenvalue weighted by Gasteiger charge is -2.23. The van der Waals surface area contributed by atoms with E-state index in [1.54, 1.807) is 0 Å². The molecule has 0 aliphatic rings. The Kier molecular flexibility index (Phi) is 3.66.